The Morgan fingerprint density at radius 1 is 1.38 bits per heavy atom. The average Bonchev–Trinajstić information content (AvgIpc) is 2.72. The predicted octanol–water partition coefficient (Wildman–Crippen LogP) is 2.86. The first-order valence-electron chi connectivity index (χ1n) is 8.14. The Bertz CT molecular complexity index is 478. The molecule has 1 aliphatic rings. The molecule has 4 nitrogen and oxygen atoms in total. The summed E-state index contributed by atoms with van der Waals surface area (Å²) >= 11 is 0. The third-order valence-corrected chi connectivity index (χ3v) is 4.49. The number of carbonyl (C=O) groups excluding carboxylic acids is 1. The lowest BCUT2D eigenvalue weighted by molar-refractivity contribution is -0.139. The summed E-state index contributed by atoms with van der Waals surface area (Å²) in [5, 5.41) is 3.32. The first-order valence-corrected chi connectivity index (χ1v) is 8.14. The second kappa shape index (κ2) is 6.65. The maximum Gasteiger partial charge on any atom is 0.242 e. The summed E-state index contributed by atoms with van der Waals surface area (Å²) in [6.07, 6.45) is 6.65. The van der Waals surface area contributed by atoms with Crippen molar-refractivity contribution in [3.63, 3.8) is 0 Å². The summed E-state index contributed by atoms with van der Waals surface area (Å²) in [5.41, 5.74) is 0.750. The molecule has 0 aromatic carbocycles. The van der Waals surface area contributed by atoms with E-state index in [2.05, 4.69) is 40.2 Å². The number of nitrogens with one attached hydrogen (secondary N) is 1. The fraction of sp³-hybridized carbons (Fsp3) is 0.706. The van der Waals surface area contributed by atoms with Crippen molar-refractivity contribution >= 4 is 5.91 Å². The van der Waals surface area contributed by atoms with E-state index < -0.39 is 5.54 Å². The summed E-state index contributed by atoms with van der Waals surface area (Å²) in [5.74, 6) is 0.220. The van der Waals surface area contributed by atoms with E-state index in [1.807, 2.05) is 20.8 Å². The summed E-state index contributed by atoms with van der Waals surface area (Å²) in [4.78, 5) is 15.1. The Labute approximate surface area is 128 Å². The van der Waals surface area contributed by atoms with E-state index in [1.165, 1.54) is 18.5 Å². The van der Waals surface area contributed by atoms with Crippen LogP contribution in [0.5, 0.6) is 0 Å². The molecule has 1 amide bonds. The molecule has 2 heterocycles. The van der Waals surface area contributed by atoms with Gasteiger partial charge in [-0.15, -0.1) is 0 Å². The van der Waals surface area contributed by atoms with Gasteiger partial charge in [-0.1, -0.05) is 19.8 Å². The van der Waals surface area contributed by atoms with Gasteiger partial charge >= 0.3 is 0 Å². The van der Waals surface area contributed by atoms with Crippen molar-refractivity contribution in [1.82, 2.24) is 14.8 Å². The van der Waals surface area contributed by atoms with Crippen LogP contribution < -0.4 is 5.32 Å². The van der Waals surface area contributed by atoms with E-state index in [4.69, 9.17) is 0 Å². The predicted molar refractivity (Wildman–Crippen MR) is 86.1 cm³/mol. The van der Waals surface area contributed by atoms with Crippen LogP contribution in [-0.4, -0.2) is 34.0 Å². The van der Waals surface area contributed by atoms with E-state index in [0.29, 0.717) is 0 Å². The van der Waals surface area contributed by atoms with Crippen molar-refractivity contribution in [3.05, 3.63) is 24.0 Å². The fourth-order valence-corrected chi connectivity index (χ4v) is 3.36. The Morgan fingerprint density at radius 2 is 2.14 bits per heavy atom. The van der Waals surface area contributed by atoms with Crippen LogP contribution in [0.4, 0.5) is 0 Å². The first kappa shape index (κ1) is 16.1. The molecule has 2 rings (SSSR count). The van der Waals surface area contributed by atoms with Gasteiger partial charge in [-0.3, -0.25) is 4.79 Å². The topological polar surface area (TPSA) is 37.3 Å². The van der Waals surface area contributed by atoms with Gasteiger partial charge in [0.15, 0.2) is 0 Å². The number of amides is 1. The number of aryl methyl sites for hydroxylation is 1. The Morgan fingerprint density at radius 3 is 2.76 bits per heavy atom. The average molecular weight is 291 g/mol. The van der Waals surface area contributed by atoms with Crippen LogP contribution in [-0.2, 0) is 11.8 Å². The van der Waals surface area contributed by atoms with Gasteiger partial charge in [-0.25, -0.2) is 0 Å². The van der Waals surface area contributed by atoms with E-state index >= 15 is 0 Å². The number of rotatable bonds is 4. The number of carbonyl (C=O) groups is 1. The molecule has 1 aliphatic heterocycles. The molecular formula is C17H29N3O. The summed E-state index contributed by atoms with van der Waals surface area (Å²) in [6.45, 7) is 7.70. The molecule has 1 atom stereocenters. The molecule has 21 heavy (non-hydrogen) atoms. The van der Waals surface area contributed by atoms with E-state index in [9.17, 15) is 4.79 Å². The van der Waals surface area contributed by atoms with Gasteiger partial charge < -0.3 is 14.8 Å². The van der Waals surface area contributed by atoms with Crippen LogP contribution in [0.15, 0.2) is 18.3 Å². The van der Waals surface area contributed by atoms with E-state index in [-0.39, 0.29) is 11.9 Å². The van der Waals surface area contributed by atoms with Crippen LogP contribution in [0.25, 0.3) is 0 Å². The Balaban J connectivity index is 2.28. The zero-order valence-corrected chi connectivity index (χ0v) is 13.9. The molecule has 1 unspecified atom stereocenters. The molecule has 4 heteroatoms. The minimum atomic E-state index is -0.498. The highest BCUT2D eigenvalue weighted by Gasteiger charge is 2.36. The van der Waals surface area contributed by atoms with Crippen molar-refractivity contribution in [1.29, 1.82) is 0 Å². The lowest BCUT2D eigenvalue weighted by Crippen LogP contribution is -2.55. The summed E-state index contributed by atoms with van der Waals surface area (Å²) in [7, 11) is 2.07. The number of nitrogens with zero attached hydrogens (tertiary/aromatic N) is 2. The number of likely N-dealkylation sites (N-methyl/N-ethyl adjacent to an activating group) is 1. The van der Waals surface area contributed by atoms with E-state index in [1.54, 1.807) is 0 Å². The van der Waals surface area contributed by atoms with Crippen molar-refractivity contribution in [2.24, 2.45) is 7.05 Å². The third-order valence-electron chi connectivity index (χ3n) is 4.49. The normalized spacial score (nSPS) is 20.4. The Hall–Kier alpha value is -1.29. The SMILES string of the molecule is CCNC(C)(C)C(=O)N1CCCCCC1c1cccn1C. The largest absolute Gasteiger partial charge is 0.353 e. The molecule has 0 saturated carbocycles. The number of aromatic nitrogens is 1. The first-order chi connectivity index (χ1) is 9.97. The molecule has 1 aromatic heterocycles. The van der Waals surface area contributed by atoms with Gasteiger partial charge in [0, 0.05) is 25.5 Å². The lowest BCUT2D eigenvalue weighted by Gasteiger charge is -2.37. The van der Waals surface area contributed by atoms with Crippen molar-refractivity contribution in [2.45, 2.75) is 58.0 Å². The molecule has 1 aromatic rings. The molecule has 1 fully saturated rings. The smallest absolute Gasteiger partial charge is 0.242 e. The number of hydrogen-bond acceptors (Lipinski definition) is 2. The van der Waals surface area contributed by atoms with Crippen molar-refractivity contribution in [3.8, 4) is 0 Å². The molecule has 1 N–H and O–H groups in total. The van der Waals surface area contributed by atoms with E-state index in [0.717, 1.165) is 25.9 Å². The Kier molecular flexibility index (Phi) is 5.09. The van der Waals surface area contributed by atoms with Gasteiger partial charge in [-0.05, 0) is 45.4 Å². The minimum absolute atomic E-state index is 0.206. The van der Waals surface area contributed by atoms with Gasteiger partial charge in [-0.2, -0.15) is 0 Å². The summed E-state index contributed by atoms with van der Waals surface area (Å²) < 4.78 is 2.15. The zero-order valence-electron chi connectivity index (χ0n) is 13.9. The number of likely N-dealkylation sites (tertiary alicyclic amines) is 1. The third kappa shape index (κ3) is 3.49. The van der Waals surface area contributed by atoms with Crippen LogP contribution in [0.1, 0.15) is 58.2 Å². The highest BCUT2D eigenvalue weighted by atomic mass is 16.2. The van der Waals surface area contributed by atoms with Gasteiger partial charge in [0.25, 0.3) is 0 Å². The lowest BCUT2D eigenvalue weighted by atomic mass is 10.00. The van der Waals surface area contributed by atoms with Crippen LogP contribution in [0.2, 0.25) is 0 Å². The molecular weight excluding hydrogens is 262 g/mol. The van der Waals surface area contributed by atoms with Crippen LogP contribution in [0, 0.1) is 0 Å². The fourth-order valence-electron chi connectivity index (χ4n) is 3.36. The molecule has 0 aliphatic carbocycles. The summed E-state index contributed by atoms with van der Waals surface area (Å²) in [6, 6.07) is 4.42. The minimum Gasteiger partial charge on any atom is -0.353 e. The van der Waals surface area contributed by atoms with Crippen LogP contribution in [0.3, 0.4) is 0 Å². The standard InChI is InChI=1S/C17H29N3O/c1-5-18-17(2,3)16(21)20-13-8-6-7-10-15(20)14-11-9-12-19(14)4/h9,11-12,15,18H,5-8,10,13H2,1-4H3. The molecule has 1 saturated heterocycles. The highest BCUT2D eigenvalue weighted by Crippen LogP contribution is 2.31. The maximum absolute atomic E-state index is 13.0. The molecule has 0 spiro atoms. The maximum atomic E-state index is 13.0. The number of hydrogen-bond donors (Lipinski definition) is 1. The highest BCUT2D eigenvalue weighted by molar-refractivity contribution is 5.86. The monoisotopic (exact) mass is 291 g/mol. The molecule has 118 valence electrons. The van der Waals surface area contributed by atoms with Crippen LogP contribution >= 0.6 is 0 Å². The van der Waals surface area contributed by atoms with Gasteiger partial charge in [0.05, 0.1) is 11.6 Å². The second-order valence-electron chi connectivity index (χ2n) is 6.56. The van der Waals surface area contributed by atoms with Crippen molar-refractivity contribution in [2.75, 3.05) is 13.1 Å². The van der Waals surface area contributed by atoms with Gasteiger partial charge in [0.1, 0.15) is 0 Å². The van der Waals surface area contributed by atoms with Crippen molar-refractivity contribution < 1.29 is 4.79 Å². The molecule has 0 radical (unpaired) electrons. The molecule has 0 bridgehead atoms. The zero-order chi connectivity index (χ0) is 15.5. The quantitative estimate of drug-likeness (QED) is 0.926. The second-order valence-corrected chi connectivity index (χ2v) is 6.56. The van der Waals surface area contributed by atoms with Gasteiger partial charge in [0.2, 0.25) is 5.91 Å².